The normalized spacial score (nSPS) is 9.18. The van der Waals surface area contributed by atoms with Crippen LogP contribution >= 0.6 is 0 Å². The number of carbonyl (C=O) groups is 1. The van der Waals surface area contributed by atoms with Crippen molar-refractivity contribution in [3.05, 3.63) is 47.5 Å². The van der Waals surface area contributed by atoms with Crippen LogP contribution in [0, 0.1) is 23.2 Å². The van der Waals surface area contributed by atoms with Crippen molar-refractivity contribution in [1.82, 2.24) is 0 Å². The minimum atomic E-state index is -0.401. The molecule has 0 atom stereocenters. The monoisotopic (exact) mass is 225 g/mol. The SMILES string of the molecule is CCOC(=O)/C=C/C#Cc1ccc(C#N)cc1. The summed E-state index contributed by atoms with van der Waals surface area (Å²) >= 11 is 0. The van der Waals surface area contributed by atoms with Crippen LogP contribution in [0.5, 0.6) is 0 Å². The molecule has 0 aliphatic heterocycles. The van der Waals surface area contributed by atoms with E-state index in [0.29, 0.717) is 12.2 Å². The molecule has 17 heavy (non-hydrogen) atoms. The molecule has 3 heteroatoms. The number of carbonyl (C=O) groups excluding carboxylic acids is 1. The molecule has 0 saturated carbocycles. The van der Waals surface area contributed by atoms with Gasteiger partial charge >= 0.3 is 5.97 Å². The van der Waals surface area contributed by atoms with Crippen LogP contribution < -0.4 is 0 Å². The lowest BCUT2D eigenvalue weighted by Gasteiger charge is -1.92. The van der Waals surface area contributed by atoms with Crippen LogP contribution in [0.4, 0.5) is 0 Å². The quantitative estimate of drug-likeness (QED) is 0.439. The molecular weight excluding hydrogens is 214 g/mol. The predicted octanol–water partition coefficient (Wildman–Crippen LogP) is 2.03. The van der Waals surface area contributed by atoms with Crippen LogP contribution in [0.15, 0.2) is 36.4 Å². The first-order valence-electron chi connectivity index (χ1n) is 5.11. The molecule has 0 aliphatic rings. The zero-order valence-electron chi connectivity index (χ0n) is 9.43. The molecule has 0 aliphatic carbocycles. The van der Waals surface area contributed by atoms with Gasteiger partial charge in [-0.1, -0.05) is 11.8 Å². The lowest BCUT2D eigenvalue weighted by molar-refractivity contribution is -0.137. The molecule has 1 rings (SSSR count). The largest absolute Gasteiger partial charge is 0.463 e. The molecule has 84 valence electrons. The molecule has 0 radical (unpaired) electrons. The zero-order valence-corrected chi connectivity index (χ0v) is 9.43. The van der Waals surface area contributed by atoms with Gasteiger partial charge in [-0.25, -0.2) is 4.79 Å². The summed E-state index contributed by atoms with van der Waals surface area (Å²) in [7, 11) is 0. The van der Waals surface area contributed by atoms with Gasteiger partial charge in [0.25, 0.3) is 0 Å². The van der Waals surface area contributed by atoms with E-state index >= 15 is 0 Å². The van der Waals surface area contributed by atoms with Gasteiger partial charge < -0.3 is 4.74 Å². The fraction of sp³-hybridized carbons (Fsp3) is 0.143. The number of rotatable bonds is 2. The molecule has 0 bridgehead atoms. The topological polar surface area (TPSA) is 50.1 Å². The minimum Gasteiger partial charge on any atom is -0.463 e. The first-order chi connectivity index (χ1) is 8.26. The van der Waals surface area contributed by atoms with Crippen molar-refractivity contribution in [3.63, 3.8) is 0 Å². The van der Waals surface area contributed by atoms with Gasteiger partial charge in [-0.3, -0.25) is 0 Å². The third kappa shape index (κ3) is 4.68. The molecule has 1 aromatic carbocycles. The number of allylic oxidation sites excluding steroid dienone is 1. The fourth-order valence-corrected chi connectivity index (χ4v) is 1.05. The van der Waals surface area contributed by atoms with Gasteiger partial charge in [0, 0.05) is 11.6 Å². The Morgan fingerprint density at radius 2 is 2.00 bits per heavy atom. The Balaban J connectivity index is 2.60. The lowest BCUT2D eigenvalue weighted by atomic mass is 10.1. The van der Waals surface area contributed by atoms with Crippen molar-refractivity contribution in [1.29, 1.82) is 5.26 Å². The van der Waals surface area contributed by atoms with Crippen LogP contribution in [0.1, 0.15) is 18.1 Å². The van der Waals surface area contributed by atoms with E-state index in [1.165, 1.54) is 12.2 Å². The molecule has 0 aromatic heterocycles. The highest BCUT2D eigenvalue weighted by Gasteiger charge is 1.90. The highest BCUT2D eigenvalue weighted by atomic mass is 16.5. The molecule has 0 spiro atoms. The van der Waals surface area contributed by atoms with Crippen LogP contribution in [-0.2, 0) is 9.53 Å². The standard InChI is InChI=1S/C14H11NO2/c1-2-17-14(16)6-4-3-5-12-7-9-13(11-15)10-8-12/h4,6-10H,2H2,1H3/b6-4+. The van der Waals surface area contributed by atoms with Gasteiger partial charge in [-0.2, -0.15) is 5.26 Å². The number of nitrogens with zero attached hydrogens (tertiary/aromatic N) is 1. The van der Waals surface area contributed by atoms with Gasteiger partial charge in [0.05, 0.1) is 18.2 Å². The van der Waals surface area contributed by atoms with E-state index in [1.54, 1.807) is 31.2 Å². The third-order valence-corrected chi connectivity index (χ3v) is 1.82. The maximum Gasteiger partial charge on any atom is 0.331 e. The van der Waals surface area contributed by atoms with Gasteiger partial charge in [-0.15, -0.1) is 0 Å². The minimum absolute atomic E-state index is 0.353. The number of esters is 1. The van der Waals surface area contributed by atoms with Crippen LogP contribution in [0.2, 0.25) is 0 Å². The van der Waals surface area contributed by atoms with Crippen LogP contribution in [0.25, 0.3) is 0 Å². The molecule has 0 fully saturated rings. The number of hydrogen-bond acceptors (Lipinski definition) is 3. The summed E-state index contributed by atoms with van der Waals surface area (Å²) in [6, 6.07) is 8.92. The second-order valence-electron chi connectivity index (χ2n) is 3.04. The van der Waals surface area contributed by atoms with Crippen molar-refractivity contribution in [3.8, 4) is 17.9 Å². The predicted molar refractivity (Wildman–Crippen MR) is 63.8 cm³/mol. The van der Waals surface area contributed by atoms with E-state index in [9.17, 15) is 4.79 Å². The first-order valence-corrected chi connectivity index (χ1v) is 5.11. The lowest BCUT2D eigenvalue weighted by Crippen LogP contribution is -1.98. The molecule has 0 amide bonds. The van der Waals surface area contributed by atoms with Gasteiger partial charge in [0.15, 0.2) is 0 Å². The zero-order chi connectivity index (χ0) is 12.5. The van der Waals surface area contributed by atoms with E-state index in [2.05, 4.69) is 11.8 Å². The fourth-order valence-electron chi connectivity index (χ4n) is 1.05. The highest BCUT2D eigenvalue weighted by Crippen LogP contribution is 2.01. The second-order valence-corrected chi connectivity index (χ2v) is 3.04. The number of benzene rings is 1. The average molecular weight is 225 g/mol. The Hall–Kier alpha value is -2.52. The van der Waals surface area contributed by atoms with E-state index < -0.39 is 5.97 Å². The first kappa shape index (κ1) is 12.5. The molecule has 0 heterocycles. The number of hydrogen-bond donors (Lipinski definition) is 0. The van der Waals surface area contributed by atoms with Crippen molar-refractivity contribution in [2.45, 2.75) is 6.92 Å². The Labute approximate surface area is 100 Å². The summed E-state index contributed by atoms with van der Waals surface area (Å²) in [6.45, 7) is 2.10. The molecule has 0 N–H and O–H groups in total. The van der Waals surface area contributed by atoms with E-state index in [1.807, 2.05) is 6.07 Å². The Morgan fingerprint density at radius 1 is 1.35 bits per heavy atom. The number of ether oxygens (including phenoxy) is 1. The molecule has 3 nitrogen and oxygen atoms in total. The summed E-state index contributed by atoms with van der Waals surface area (Å²) in [5.41, 5.74) is 1.38. The molecule has 0 saturated heterocycles. The summed E-state index contributed by atoms with van der Waals surface area (Å²) in [5.74, 6) is 5.15. The summed E-state index contributed by atoms with van der Waals surface area (Å²) in [5, 5.41) is 8.61. The van der Waals surface area contributed by atoms with Crippen molar-refractivity contribution in [2.75, 3.05) is 6.61 Å². The summed E-state index contributed by atoms with van der Waals surface area (Å²) in [4.78, 5) is 10.9. The van der Waals surface area contributed by atoms with Crippen molar-refractivity contribution >= 4 is 5.97 Å². The summed E-state index contributed by atoms with van der Waals surface area (Å²) < 4.78 is 4.69. The molecule has 0 unspecified atom stereocenters. The van der Waals surface area contributed by atoms with E-state index in [0.717, 1.165) is 5.56 Å². The van der Waals surface area contributed by atoms with Crippen molar-refractivity contribution < 1.29 is 9.53 Å². The Bertz CT molecular complexity index is 510. The van der Waals surface area contributed by atoms with E-state index in [4.69, 9.17) is 10.00 Å². The van der Waals surface area contributed by atoms with Crippen molar-refractivity contribution in [2.24, 2.45) is 0 Å². The highest BCUT2D eigenvalue weighted by molar-refractivity contribution is 5.82. The maximum absolute atomic E-state index is 10.9. The Kier molecular flexibility index (Phi) is 5.07. The number of nitriles is 1. The van der Waals surface area contributed by atoms with Gasteiger partial charge in [0.1, 0.15) is 0 Å². The summed E-state index contributed by atoms with van der Waals surface area (Å²) in [6.07, 6.45) is 2.72. The van der Waals surface area contributed by atoms with Crippen LogP contribution in [-0.4, -0.2) is 12.6 Å². The smallest absolute Gasteiger partial charge is 0.331 e. The van der Waals surface area contributed by atoms with E-state index in [-0.39, 0.29) is 0 Å². The third-order valence-electron chi connectivity index (χ3n) is 1.82. The second kappa shape index (κ2) is 6.87. The Morgan fingerprint density at radius 3 is 2.59 bits per heavy atom. The average Bonchev–Trinajstić information content (AvgIpc) is 2.36. The molecule has 1 aromatic rings. The van der Waals surface area contributed by atoms with Gasteiger partial charge in [-0.05, 0) is 37.3 Å². The maximum atomic E-state index is 10.9. The molecular formula is C14H11NO2. The van der Waals surface area contributed by atoms with Crippen LogP contribution in [0.3, 0.4) is 0 Å². The van der Waals surface area contributed by atoms with Gasteiger partial charge in [0.2, 0.25) is 0 Å².